The van der Waals surface area contributed by atoms with Crippen LogP contribution in [0.1, 0.15) is 31.9 Å². The molecule has 0 unspecified atom stereocenters. The predicted octanol–water partition coefficient (Wildman–Crippen LogP) is 3.49. The molecule has 0 heterocycles. The lowest BCUT2D eigenvalue weighted by atomic mass is 9.87. The quantitative estimate of drug-likeness (QED) is 0.888. The number of rotatable bonds is 5. The van der Waals surface area contributed by atoms with Crippen molar-refractivity contribution in [2.45, 2.75) is 32.8 Å². The van der Waals surface area contributed by atoms with Gasteiger partial charge in [-0.2, -0.15) is 0 Å². The molecule has 0 spiro atoms. The third-order valence-corrected chi connectivity index (χ3v) is 3.48. The van der Waals surface area contributed by atoms with Crippen LogP contribution in [0.3, 0.4) is 0 Å². The summed E-state index contributed by atoms with van der Waals surface area (Å²) in [5.74, 6) is 0.428. The first-order chi connectivity index (χ1) is 10.9. The van der Waals surface area contributed by atoms with Gasteiger partial charge < -0.3 is 15.2 Å². The Hall–Kier alpha value is -2.33. The van der Waals surface area contributed by atoms with Crippen LogP contribution in [-0.4, -0.2) is 17.6 Å². The molecule has 0 aromatic heterocycles. The van der Waals surface area contributed by atoms with Gasteiger partial charge in [0.05, 0.1) is 6.61 Å². The second-order valence-corrected chi connectivity index (χ2v) is 6.47. The van der Waals surface area contributed by atoms with Gasteiger partial charge in [-0.3, -0.25) is 4.79 Å². The molecule has 0 aliphatic carbocycles. The van der Waals surface area contributed by atoms with E-state index in [2.05, 4.69) is 26.1 Å². The van der Waals surface area contributed by atoms with Gasteiger partial charge in [-0.25, -0.2) is 0 Å². The molecule has 0 atom stereocenters. The van der Waals surface area contributed by atoms with E-state index < -0.39 is 0 Å². The molecular weight excluding hydrogens is 290 g/mol. The molecule has 4 heteroatoms. The zero-order valence-electron chi connectivity index (χ0n) is 13.8. The Bertz CT molecular complexity index is 657. The van der Waals surface area contributed by atoms with Crippen molar-refractivity contribution in [1.82, 2.24) is 0 Å². The summed E-state index contributed by atoms with van der Waals surface area (Å²) in [5.41, 5.74) is 2.71. The molecule has 0 saturated heterocycles. The first kappa shape index (κ1) is 17.0. The van der Waals surface area contributed by atoms with Crippen LogP contribution < -0.4 is 10.1 Å². The van der Waals surface area contributed by atoms with Gasteiger partial charge in [-0.15, -0.1) is 0 Å². The fourth-order valence-electron chi connectivity index (χ4n) is 2.14. The summed E-state index contributed by atoms with van der Waals surface area (Å²) in [6.45, 7) is 6.34. The third kappa shape index (κ3) is 5.11. The molecule has 2 aromatic rings. The van der Waals surface area contributed by atoms with E-state index >= 15 is 0 Å². The van der Waals surface area contributed by atoms with E-state index in [1.54, 1.807) is 24.3 Å². The number of benzene rings is 2. The lowest BCUT2D eigenvalue weighted by Crippen LogP contribution is -2.20. The smallest absolute Gasteiger partial charge is 0.262 e. The molecule has 2 N–H and O–H groups in total. The van der Waals surface area contributed by atoms with Crippen LogP contribution in [-0.2, 0) is 16.8 Å². The first-order valence-electron chi connectivity index (χ1n) is 7.61. The van der Waals surface area contributed by atoms with E-state index in [0.29, 0.717) is 11.4 Å². The Kier molecular flexibility index (Phi) is 5.40. The second-order valence-electron chi connectivity index (χ2n) is 6.47. The number of aliphatic hydroxyl groups excluding tert-OH is 1. The molecule has 4 nitrogen and oxygen atoms in total. The summed E-state index contributed by atoms with van der Waals surface area (Å²) in [6, 6.07) is 14.9. The van der Waals surface area contributed by atoms with E-state index in [-0.39, 0.29) is 24.5 Å². The number of carbonyl (C=O) groups excluding carboxylic acids is 1. The molecule has 2 rings (SSSR count). The number of hydrogen-bond donors (Lipinski definition) is 2. The summed E-state index contributed by atoms with van der Waals surface area (Å²) in [6.07, 6.45) is 0. The van der Waals surface area contributed by atoms with Crippen LogP contribution >= 0.6 is 0 Å². The van der Waals surface area contributed by atoms with Crippen molar-refractivity contribution in [3.8, 4) is 5.75 Å². The zero-order chi connectivity index (χ0) is 16.9. The molecule has 0 aliphatic heterocycles. The highest BCUT2D eigenvalue weighted by atomic mass is 16.5. The van der Waals surface area contributed by atoms with Gasteiger partial charge in [0.1, 0.15) is 5.75 Å². The molecular formula is C19H23NO3. The Morgan fingerprint density at radius 2 is 1.83 bits per heavy atom. The molecule has 2 aromatic carbocycles. The topological polar surface area (TPSA) is 58.6 Å². The van der Waals surface area contributed by atoms with Crippen LogP contribution in [0.5, 0.6) is 5.75 Å². The van der Waals surface area contributed by atoms with Gasteiger partial charge in [-0.05, 0) is 40.8 Å². The lowest BCUT2D eigenvalue weighted by molar-refractivity contribution is -0.118. The normalized spacial score (nSPS) is 11.1. The fraction of sp³-hybridized carbons (Fsp3) is 0.316. The molecule has 0 saturated carbocycles. The predicted molar refractivity (Wildman–Crippen MR) is 91.6 cm³/mol. The first-order valence-corrected chi connectivity index (χ1v) is 7.61. The summed E-state index contributed by atoms with van der Waals surface area (Å²) in [7, 11) is 0. The van der Waals surface area contributed by atoms with Crippen molar-refractivity contribution >= 4 is 11.6 Å². The van der Waals surface area contributed by atoms with Crippen LogP contribution in [0, 0.1) is 0 Å². The van der Waals surface area contributed by atoms with Crippen molar-refractivity contribution in [2.24, 2.45) is 0 Å². The van der Waals surface area contributed by atoms with Crippen molar-refractivity contribution < 1.29 is 14.6 Å². The average Bonchev–Trinajstić information content (AvgIpc) is 2.52. The maximum absolute atomic E-state index is 11.9. The molecule has 23 heavy (non-hydrogen) atoms. The second kappa shape index (κ2) is 7.29. The Labute approximate surface area is 137 Å². The van der Waals surface area contributed by atoms with Crippen molar-refractivity contribution in [3.05, 3.63) is 59.7 Å². The van der Waals surface area contributed by atoms with E-state index in [1.165, 1.54) is 5.56 Å². The minimum atomic E-state index is -0.236. The summed E-state index contributed by atoms with van der Waals surface area (Å²) < 4.78 is 5.50. The van der Waals surface area contributed by atoms with Crippen LogP contribution in [0.4, 0.5) is 5.69 Å². The Morgan fingerprint density at radius 1 is 1.13 bits per heavy atom. The van der Waals surface area contributed by atoms with Gasteiger partial charge in [0.2, 0.25) is 0 Å². The fourth-order valence-corrected chi connectivity index (χ4v) is 2.14. The van der Waals surface area contributed by atoms with Gasteiger partial charge in [-0.1, -0.05) is 45.0 Å². The number of hydrogen-bond acceptors (Lipinski definition) is 3. The molecule has 0 radical (unpaired) electrons. The van der Waals surface area contributed by atoms with Gasteiger partial charge in [0.15, 0.2) is 6.61 Å². The lowest BCUT2D eigenvalue weighted by Gasteiger charge is -2.19. The SMILES string of the molecule is CC(C)(C)c1ccc(OCC(=O)Nc2cccc(CO)c2)cc1. The van der Waals surface area contributed by atoms with E-state index in [9.17, 15) is 4.79 Å². The number of ether oxygens (including phenoxy) is 1. The summed E-state index contributed by atoms with van der Waals surface area (Å²) in [4.78, 5) is 11.9. The van der Waals surface area contributed by atoms with Crippen molar-refractivity contribution in [1.29, 1.82) is 0 Å². The van der Waals surface area contributed by atoms with E-state index in [1.807, 2.05) is 24.3 Å². The molecule has 0 bridgehead atoms. The monoisotopic (exact) mass is 313 g/mol. The number of anilines is 1. The summed E-state index contributed by atoms with van der Waals surface area (Å²) in [5, 5.41) is 11.8. The molecule has 0 aliphatic rings. The minimum Gasteiger partial charge on any atom is -0.484 e. The number of nitrogens with one attached hydrogen (secondary N) is 1. The van der Waals surface area contributed by atoms with Crippen molar-refractivity contribution in [3.63, 3.8) is 0 Å². The highest BCUT2D eigenvalue weighted by Gasteiger charge is 2.13. The highest BCUT2D eigenvalue weighted by Crippen LogP contribution is 2.24. The van der Waals surface area contributed by atoms with Crippen LogP contribution in [0.25, 0.3) is 0 Å². The largest absolute Gasteiger partial charge is 0.484 e. The summed E-state index contributed by atoms with van der Waals surface area (Å²) >= 11 is 0. The number of amides is 1. The molecule has 0 fully saturated rings. The van der Waals surface area contributed by atoms with E-state index in [4.69, 9.17) is 9.84 Å². The Balaban J connectivity index is 1.89. The van der Waals surface area contributed by atoms with Crippen LogP contribution in [0.2, 0.25) is 0 Å². The van der Waals surface area contributed by atoms with E-state index in [0.717, 1.165) is 5.56 Å². The standard InChI is InChI=1S/C19H23NO3/c1-19(2,3)15-7-9-17(10-8-15)23-13-18(22)20-16-6-4-5-14(11-16)12-21/h4-11,21H,12-13H2,1-3H3,(H,20,22). The molecule has 122 valence electrons. The molecule has 1 amide bonds. The maximum Gasteiger partial charge on any atom is 0.262 e. The van der Waals surface area contributed by atoms with Gasteiger partial charge in [0, 0.05) is 5.69 Å². The number of carbonyl (C=O) groups is 1. The van der Waals surface area contributed by atoms with Crippen LogP contribution in [0.15, 0.2) is 48.5 Å². The van der Waals surface area contributed by atoms with Crippen molar-refractivity contribution in [2.75, 3.05) is 11.9 Å². The van der Waals surface area contributed by atoms with Gasteiger partial charge in [0.25, 0.3) is 5.91 Å². The Morgan fingerprint density at radius 3 is 2.43 bits per heavy atom. The average molecular weight is 313 g/mol. The third-order valence-electron chi connectivity index (χ3n) is 3.48. The maximum atomic E-state index is 11.9. The minimum absolute atomic E-state index is 0.0552. The highest BCUT2D eigenvalue weighted by molar-refractivity contribution is 5.91. The number of aliphatic hydroxyl groups is 1. The van der Waals surface area contributed by atoms with Gasteiger partial charge >= 0.3 is 0 Å². The zero-order valence-corrected chi connectivity index (χ0v) is 13.8.